The molecule has 0 amide bonds. The third kappa shape index (κ3) is 5.34. The van der Waals surface area contributed by atoms with Crippen molar-refractivity contribution >= 4 is 11.8 Å². The quantitative estimate of drug-likeness (QED) is 0.474. The van der Waals surface area contributed by atoms with Gasteiger partial charge in [0.1, 0.15) is 5.75 Å². The van der Waals surface area contributed by atoms with Crippen LogP contribution in [-0.4, -0.2) is 25.0 Å². The third-order valence-electron chi connectivity index (χ3n) is 6.56. The van der Waals surface area contributed by atoms with Crippen LogP contribution in [0.2, 0.25) is 0 Å². The standard InChI is InChI=1S/C30H35NO4/c1-5-15-34-26-14-10-9-13-23(26)28-27(30(33)35-18-19(2)3)20(4)31-24-16-22(17-25(32)29(24)28)21-11-7-6-8-12-21/h6-14,19,22,28,31H,5,15-18H2,1-4H3. The first kappa shape index (κ1) is 24.8. The summed E-state index contributed by atoms with van der Waals surface area (Å²) in [4.78, 5) is 27.1. The minimum absolute atomic E-state index is 0.0598. The van der Waals surface area contributed by atoms with Crippen LogP contribution in [0.5, 0.6) is 5.75 Å². The number of benzene rings is 2. The molecule has 1 aliphatic carbocycles. The summed E-state index contributed by atoms with van der Waals surface area (Å²) in [5, 5.41) is 3.43. The van der Waals surface area contributed by atoms with E-state index in [1.54, 1.807) is 0 Å². The first-order valence-electron chi connectivity index (χ1n) is 12.6. The maximum absolute atomic E-state index is 13.7. The Labute approximate surface area is 208 Å². The van der Waals surface area contributed by atoms with E-state index in [0.717, 1.165) is 28.9 Å². The molecule has 2 aromatic rings. The van der Waals surface area contributed by atoms with Gasteiger partial charge in [-0.15, -0.1) is 0 Å². The molecule has 4 rings (SSSR count). The number of ether oxygens (including phenoxy) is 2. The smallest absolute Gasteiger partial charge is 0.336 e. The molecule has 2 aliphatic rings. The Morgan fingerprint density at radius 3 is 2.49 bits per heavy atom. The molecule has 5 heteroatoms. The highest BCUT2D eigenvalue weighted by Gasteiger charge is 2.42. The average molecular weight is 474 g/mol. The van der Waals surface area contributed by atoms with Crippen molar-refractivity contribution < 1.29 is 19.1 Å². The van der Waals surface area contributed by atoms with Gasteiger partial charge >= 0.3 is 5.97 Å². The molecule has 1 N–H and O–H groups in total. The van der Waals surface area contributed by atoms with Crippen molar-refractivity contribution in [1.29, 1.82) is 0 Å². The number of carbonyl (C=O) groups is 2. The van der Waals surface area contributed by atoms with Crippen LogP contribution in [0, 0.1) is 5.92 Å². The van der Waals surface area contributed by atoms with Crippen molar-refractivity contribution in [2.24, 2.45) is 5.92 Å². The number of allylic oxidation sites excluding steroid dienone is 3. The second-order valence-electron chi connectivity index (χ2n) is 9.81. The third-order valence-corrected chi connectivity index (χ3v) is 6.56. The van der Waals surface area contributed by atoms with E-state index in [2.05, 4.69) is 24.4 Å². The molecule has 0 aromatic heterocycles. The fourth-order valence-electron chi connectivity index (χ4n) is 4.96. The number of carbonyl (C=O) groups excluding carboxylic acids is 2. The summed E-state index contributed by atoms with van der Waals surface area (Å²) in [5.74, 6) is 0.168. The van der Waals surface area contributed by atoms with Crippen LogP contribution in [-0.2, 0) is 14.3 Å². The van der Waals surface area contributed by atoms with Crippen LogP contribution in [0.25, 0.3) is 0 Å². The largest absolute Gasteiger partial charge is 0.493 e. The van der Waals surface area contributed by atoms with Crippen LogP contribution in [0.15, 0.2) is 77.1 Å². The summed E-state index contributed by atoms with van der Waals surface area (Å²) < 4.78 is 11.8. The van der Waals surface area contributed by atoms with Crippen molar-refractivity contribution in [3.63, 3.8) is 0 Å². The maximum atomic E-state index is 13.7. The molecule has 0 saturated heterocycles. The minimum atomic E-state index is -0.525. The molecule has 0 radical (unpaired) electrons. The summed E-state index contributed by atoms with van der Waals surface area (Å²) in [7, 11) is 0. The summed E-state index contributed by atoms with van der Waals surface area (Å²) >= 11 is 0. The predicted octanol–water partition coefficient (Wildman–Crippen LogP) is 6.04. The summed E-state index contributed by atoms with van der Waals surface area (Å²) in [6, 6.07) is 17.9. The topological polar surface area (TPSA) is 64.6 Å². The van der Waals surface area contributed by atoms with E-state index in [1.807, 2.05) is 63.2 Å². The fraction of sp³-hybridized carbons (Fsp3) is 0.400. The second-order valence-corrected chi connectivity index (χ2v) is 9.81. The van der Waals surface area contributed by atoms with Gasteiger partial charge in [0, 0.05) is 29.0 Å². The Morgan fingerprint density at radius 1 is 1.06 bits per heavy atom. The lowest BCUT2D eigenvalue weighted by Gasteiger charge is -2.37. The fourth-order valence-corrected chi connectivity index (χ4v) is 4.96. The van der Waals surface area contributed by atoms with Gasteiger partial charge in [-0.3, -0.25) is 4.79 Å². The normalized spacial score (nSPS) is 20.0. The minimum Gasteiger partial charge on any atom is -0.493 e. The SMILES string of the molecule is CCCOc1ccccc1C1C(C(=O)OCC(C)C)=C(C)NC2=C1C(=O)CC(c1ccccc1)C2. The Balaban J connectivity index is 1.80. The van der Waals surface area contributed by atoms with Crippen LogP contribution >= 0.6 is 0 Å². The lowest BCUT2D eigenvalue weighted by atomic mass is 9.71. The van der Waals surface area contributed by atoms with E-state index in [-0.39, 0.29) is 23.6 Å². The molecule has 1 aliphatic heterocycles. The first-order chi connectivity index (χ1) is 16.9. The number of rotatable bonds is 8. The van der Waals surface area contributed by atoms with Crippen LogP contribution < -0.4 is 10.1 Å². The summed E-state index contributed by atoms with van der Waals surface area (Å²) in [6.45, 7) is 8.86. The highest BCUT2D eigenvalue weighted by Crippen LogP contribution is 2.47. The molecule has 0 spiro atoms. The van der Waals surface area contributed by atoms with E-state index in [9.17, 15) is 9.59 Å². The van der Waals surface area contributed by atoms with Gasteiger partial charge in [0.2, 0.25) is 0 Å². The number of nitrogens with one attached hydrogen (secondary N) is 1. The van der Waals surface area contributed by atoms with Gasteiger partial charge in [0.25, 0.3) is 0 Å². The number of para-hydroxylation sites is 1. The second kappa shape index (κ2) is 10.9. The van der Waals surface area contributed by atoms with Gasteiger partial charge < -0.3 is 14.8 Å². The average Bonchev–Trinajstić information content (AvgIpc) is 2.85. The van der Waals surface area contributed by atoms with Crippen molar-refractivity contribution in [1.82, 2.24) is 5.32 Å². The summed E-state index contributed by atoms with van der Waals surface area (Å²) in [5.41, 5.74) is 4.76. The molecule has 2 unspecified atom stereocenters. The molecule has 0 fully saturated rings. The lowest BCUT2D eigenvalue weighted by Crippen LogP contribution is -2.36. The van der Waals surface area contributed by atoms with Crippen LogP contribution in [0.3, 0.4) is 0 Å². The Hall–Kier alpha value is -3.34. The van der Waals surface area contributed by atoms with E-state index in [4.69, 9.17) is 9.47 Å². The molecular weight excluding hydrogens is 438 g/mol. The molecule has 35 heavy (non-hydrogen) atoms. The van der Waals surface area contributed by atoms with Crippen molar-refractivity contribution in [3.8, 4) is 5.75 Å². The predicted molar refractivity (Wildman–Crippen MR) is 137 cm³/mol. The highest BCUT2D eigenvalue weighted by molar-refractivity contribution is 6.04. The molecule has 0 saturated carbocycles. The van der Waals surface area contributed by atoms with E-state index in [1.165, 1.54) is 0 Å². The number of ketones is 1. The van der Waals surface area contributed by atoms with Gasteiger partial charge in [-0.05, 0) is 43.2 Å². The molecule has 2 atom stereocenters. The Bertz CT molecular complexity index is 1150. The van der Waals surface area contributed by atoms with E-state index in [0.29, 0.717) is 43.0 Å². The molecule has 1 heterocycles. The van der Waals surface area contributed by atoms with Crippen molar-refractivity contribution in [2.75, 3.05) is 13.2 Å². The van der Waals surface area contributed by atoms with Gasteiger partial charge in [-0.25, -0.2) is 4.79 Å². The number of esters is 1. The molecule has 0 bridgehead atoms. The van der Waals surface area contributed by atoms with Gasteiger partial charge in [-0.1, -0.05) is 69.3 Å². The molecule has 2 aromatic carbocycles. The van der Waals surface area contributed by atoms with Gasteiger partial charge in [0.05, 0.1) is 24.7 Å². The Morgan fingerprint density at radius 2 is 1.77 bits per heavy atom. The summed E-state index contributed by atoms with van der Waals surface area (Å²) in [6.07, 6.45) is 1.99. The van der Waals surface area contributed by atoms with Crippen molar-refractivity contribution in [3.05, 3.63) is 88.3 Å². The number of dihydropyridines is 1. The Kier molecular flexibility index (Phi) is 7.74. The van der Waals surface area contributed by atoms with Crippen molar-refractivity contribution in [2.45, 2.75) is 58.8 Å². The maximum Gasteiger partial charge on any atom is 0.336 e. The van der Waals surface area contributed by atoms with E-state index < -0.39 is 5.92 Å². The first-order valence-corrected chi connectivity index (χ1v) is 12.6. The zero-order chi connectivity index (χ0) is 24.9. The number of hydrogen-bond acceptors (Lipinski definition) is 5. The van der Waals surface area contributed by atoms with Gasteiger partial charge in [0.15, 0.2) is 5.78 Å². The zero-order valence-electron chi connectivity index (χ0n) is 21.1. The molecular formula is C30H35NO4. The zero-order valence-corrected chi connectivity index (χ0v) is 21.1. The number of hydrogen-bond donors (Lipinski definition) is 1. The number of Topliss-reactive ketones (excluding diaryl/α,β-unsaturated/α-hetero) is 1. The van der Waals surface area contributed by atoms with Crippen LogP contribution in [0.4, 0.5) is 0 Å². The molecule has 5 nitrogen and oxygen atoms in total. The lowest BCUT2D eigenvalue weighted by molar-refractivity contribution is -0.140. The van der Waals surface area contributed by atoms with E-state index >= 15 is 0 Å². The molecule has 184 valence electrons. The van der Waals surface area contributed by atoms with Crippen LogP contribution in [0.1, 0.15) is 69.9 Å². The van der Waals surface area contributed by atoms with Gasteiger partial charge in [-0.2, -0.15) is 0 Å². The monoisotopic (exact) mass is 473 g/mol. The highest BCUT2D eigenvalue weighted by atomic mass is 16.5.